The Kier molecular flexibility index (Phi) is 5.91. The summed E-state index contributed by atoms with van der Waals surface area (Å²) in [5.74, 6) is 11.8. The van der Waals surface area contributed by atoms with Gasteiger partial charge in [-0.15, -0.1) is 0 Å². The topological polar surface area (TPSA) is 20.3 Å². The maximum absolute atomic E-state index is 12.4. The van der Waals surface area contributed by atoms with Crippen molar-refractivity contribution in [2.45, 2.75) is 78.6 Å². The van der Waals surface area contributed by atoms with E-state index in [2.05, 4.69) is 68.9 Å². The number of carbonyl (C=O) groups excluding carboxylic acids is 1. The van der Waals surface area contributed by atoms with Crippen LogP contribution < -0.4 is 4.90 Å². The first kappa shape index (κ1) is 23.0. The smallest absolute Gasteiger partial charge is 0.133 e. The van der Waals surface area contributed by atoms with Crippen LogP contribution in [0.3, 0.4) is 0 Å². The number of hydrogen-bond donors (Lipinski definition) is 0. The number of nitrogens with zero attached hydrogens (tertiary/aromatic N) is 1. The lowest BCUT2D eigenvalue weighted by molar-refractivity contribution is -0.134. The first-order valence-electron chi connectivity index (χ1n) is 13.5. The second kappa shape index (κ2) is 8.48. The average molecular weight is 446 g/mol. The maximum atomic E-state index is 12.4. The van der Waals surface area contributed by atoms with Gasteiger partial charge in [-0.25, -0.2) is 0 Å². The molecule has 4 saturated carbocycles. The number of anilines is 1. The van der Waals surface area contributed by atoms with E-state index in [-0.39, 0.29) is 5.41 Å². The van der Waals surface area contributed by atoms with Crippen LogP contribution in [0.1, 0.15) is 84.1 Å². The lowest BCUT2D eigenvalue weighted by atomic mass is 9.44. The van der Waals surface area contributed by atoms with E-state index in [9.17, 15) is 4.79 Å². The largest absolute Gasteiger partial charge is 0.378 e. The Bertz CT molecular complexity index is 951. The van der Waals surface area contributed by atoms with E-state index >= 15 is 0 Å². The predicted octanol–water partition coefficient (Wildman–Crippen LogP) is 6.97. The van der Waals surface area contributed by atoms with Crippen molar-refractivity contribution in [2.75, 3.05) is 19.0 Å². The molecular weight excluding hydrogens is 402 g/mol. The van der Waals surface area contributed by atoms with Gasteiger partial charge in [0.15, 0.2) is 0 Å². The number of Topliss-reactive ketones (excluding diaryl/α,β-unsaturated/α-hetero) is 1. The normalized spacial score (nSPS) is 41.7. The molecule has 33 heavy (non-hydrogen) atoms. The highest BCUT2D eigenvalue weighted by Gasteiger charge is 2.60. The molecule has 8 atom stereocenters. The fourth-order valence-electron chi connectivity index (χ4n) is 9.09. The van der Waals surface area contributed by atoms with E-state index in [1.165, 1.54) is 57.1 Å². The van der Waals surface area contributed by atoms with Gasteiger partial charge in [0.25, 0.3) is 0 Å². The van der Waals surface area contributed by atoms with Gasteiger partial charge in [-0.2, -0.15) is 0 Å². The molecule has 5 rings (SSSR count). The molecule has 1 aromatic rings. The standard InChI is InChI=1S/C31H43NO/c1-21(33)27-14-15-28-26-13-10-24-20-23(7-6-22-8-11-25(12-9-22)32(4)5)16-18-30(24,2)29(26)17-19-31(27,28)3/h8-9,11-12,23-24,26-29H,10,13-20H2,1-5H3/t23?,24?,26-,27+,28-,29-,30-,31+/m0/s1. The van der Waals surface area contributed by atoms with Crippen molar-refractivity contribution in [3.8, 4) is 11.8 Å². The summed E-state index contributed by atoms with van der Waals surface area (Å²) in [6, 6.07) is 8.66. The summed E-state index contributed by atoms with van der Waals surface area (Å²) >= 11 is 0. The molecule has 178 valence electrons. The quantitative estimate of drug-likeness (QED) is 0.458. The van der Waals surface area contributed by atoms with E-state index in [0.717, 1.165) is 35.7 Å². The van der Waals surface area contributed by atoms with Gasteiger partial charge in [0.05, 0.1) is 0 Å². The molecule has 0 amide bonds. The molecule has 2 nitrogen and oxygen atoms in total. The number of rotatable bonds is 2. The van der Waals surface area contributed by atoms with Crippen molar-refractivity contribution in [1.29, 1.82) is 0 Å². The van der Waals surface area contributed by atoms with Gasteiger partial charge in [0.1, 0.15) is 5.78 Å². The van der Waals surface area contributed by atoms with E-state index in [0.29, 0.717) is 23.0 Å². The molecule has 2 heteroatoms. The Labute approximate surface area is 201 Å². The van der Waals surface area contributed by atoms with E-state index in [1.807, 2.05) is 6.92 Å². The summed E-state index contributed by atoms with van der Waals surface area (Å²) in [5.41, 5.74) is 3.14. The maximum Gasteiger partial charge on any atom is 0.133 e. The Morgan fingerprint density at radius 2 is 1.61 bits per heavy atom. The molecule has 4 fully saturated rings. The van der Waals surface area contributed by atoms with E-state index < -0.39 is 0 Å². The van der Waals surface area contributed by atoms with Crippen molar-refractivity contribution in [3.63, 3.8) is 0 Å². The molecule has 1 aromatic carbocycles. The third-order valence-electron chi connectivity index (χ3n) is 11.0. The minimum Gasteiger partial charge on any atom is -0.378 e. The number of ketones is 1. The number of benzene rings is 1. The van der Waals surface area contributed by atoms with Crippen molar-refractivity contribution >= 4 is 11.5 Å². The SMILES string of the molecule is CC(=O)[C@H]1CC[C@H]2[C@@H]3CCC4CC(C#Cc5ccc(N(C)C)cc5)CC[C@]4(C)[C@H]3CC[C@]12C. The van der Waals surface area contributed by atoms with Crippen LogP contribution in [-0.4, -0.2) is 19.9 Å². The van der Waals surface area contributed by atoms with Gasteiger partial charge in [-0.3, -0.25) is 4.79 Å². The highest BCUT2D eigenvalue weighted by atomic mass is 16.1. The number of fused-ring (bicyclic) bond motifs is 5. The molecule has 2 unspecified atom stereocenters. The number of carbonyl (C=O) groups is 1. The van der Waals surface area contributed by atoms with Crippen molar-refractivity contribution in [2.24, 2.45) is 46.3 Å². The lowest BCUT2D eigenvalue weighted by Gasteiger charge is -2.61. The Morgan fingerprint density at radius 3 is 2.30 bits per heavy atom. The average Bonchev–Trinajstić information content (AvgIpc) is 3.15. The predicted molar refractivity (Wildman–Crippen MR) is 137 cm³/mol. The van der Waals surface area contributed by atoms with Crippen LogP contribution in [0.4, 0.5) is 5.69 Å². The molecule has 0 saturated heterocycles. The van der Waals surface area contributed by atoms with Crippen LogP contribution in [-0.2, 0) is 4.79 Å². The fraction of sp³-hybridized carbons (Fsp3) is 0.710. The third-order valence-corrected chi connectivity index (χ3v) is 11.0. The minimum absolute atomic E-state index is 0.279. The van der Waals surface area contributed by atoms with Crippen molar-refractivity contribution < 1.29 is 4.79 Å². The summed E-state index contributed by atoms with van der Waals surface area (Å²) in [6.45, 7) is 6.96. The molecule has 0 heterocycles. The molecule has 0 spiro atoms. The van der Waals surface area contributed by atoms with Crippen LogP contribution in [0, 0.1) is 58.2 Å². The molecule has 4 aliphatic carbocycles. The summed E-state index contributed by atoms with van der Waals surface area (Å²) < 4.78 is 0. The third kappa shape index (κ3) is 3.84. The molecular formula is C31H43NO. The van der Waals surface area contributed by atoms with Gasteiger partial charge in [0, 0.05) is 37.2 Å². The van der Waals surface area contributed by atoms with Crippen LogP contribution in [0.5, 0.6) is 0 Å². The monoisotopic (exact) mass is 445 g/mol. The highest BCUT2D eigenvalue weighted by Crippen LogP contribution is 2.67. The van der Waals surface area contributed by atoms with Gasteiger partial charge in [-0.05, 0) is 123 Å². The molecule has 0 bridgehead atoms. The summed E-state index contributed by atoms with van der Waals surface area (Å²) in [5, 5.41) is 0. The lowest BCUT2D eigenvalue weighted by Crippen LogP contribution is -2.53. The molecule has 4 aliphatic rings. The van der Waals surface area contributed by atoms with Crippen molar-refractivity contribution in [3.05, 3.63) is 29.8 Å². The Hall–Kier alpha value is -1.75. The highest BCUT2D eigenvalue weighted by molar-refractivity contribution is 5.79. The fourth-order valence-corrected chi connectivity index (χ4v) is 9.09. The second-order valence-electron chi connectivity index (χ2n) is 12.6. The van der Waals surface area contributed by atoms with E-state index in [4.69, 9.17) is 0 Å². The molecule has 0 aromatic heterocycles. The first-order valence-corrected chi connectivity index (χ1v) is 13.5. The number of hydrogen-bond acceptors (Lipinski definition) is 2. The van der Waals surface area contributed by atoms with Crippen LogP contribution >= 0.6 is 0 Å². The zero-order valence-corrected chi connectivity index (χ0v) is 21.5. The first-order chi connectivity index (χ1) is 15.7. The summed E-state index contributed by atoms with van der Waals surface area (Å²) in [7, 11) is 4.16. The zero-order chi connectivity index (χ0) is 23.4. The van der Waals surface area contributed by atoms with Gasteiger partial charge in [-0.1, -0.05) is 25.7 Å². The minimum atomic E-state index is 0.279. The molecule has 0 radical (unpaired) electrons. The van der Waals surface area contributed by atoms with Crippen LogP contribution in [0.2, 0.25) is 0 Å². The zero-order valence-electron chi connectivity index (χ0n) is 21.5. The van der Waals surface area contributed by atoms with Crippen molar-refractivity contribution in [1.82, 2.24) is 0 Å². The van der Waals surface area contributed by atoms with Gasteiger partial charge in [0.2, 0.25) is 0 Å². The van der Waals surface area contributed by atoms with Gasteiger partial charge < -0.3 is 4.90 Å². The molecule has 0 aliphatic heterocycles. The second-order valence-corrected chi connectivity index (χ2v) is 12.6. The van der Waals surface area contributed by atoms with Crippen LogP contribution in [0.15, 0.2) is 24.3 Å². The Morgan fingerprint density at radius 1 is 0.909 bits per heavy atom. The summed E-state index contributed by atoms with van der Waals surface area (Å²) in [4.78, 5) is 14.5. The van der Waals surface area contributed by atoms with E-state index in [1.54, 1.807) is 0 Å². The van der Waals surface area contributed by atoms with Crippen LogP contribution in [0.25, 0.3) is 0 Å². The Balaban J connectivity index is 1.28. The molecule has 0 N–H and O–H groups in total. The summed E-state index contributed by atoms with van der Waals surface area (Å²) in [6.07, 6.45) is 11.7. The van der Waals surface area contributed by atoms with Gasteiger partial charge >= 0.3 is 0 Å².